The van der Waals surface area contributed by atoms with Crippen LogP contribution in [0.15, 0.2) is 53.4 Å². The lowest BCUT2D eigenvalue weighted by molar-refractivity contribution is -0.883. The molecular formula is C21H28N3O3S+. The molecule has 3 rings (SSSR count). The standard InChI is InChI=1S/C21H27N3O3S/c1-17-7-9-20(10-8-17)28(26,27)24(16-19-6-4-5-18(2)15-19)21(25)23-13-11-22(3)12-14-23/h4-10,15H,11-14,16H2,1-3H3/p+1. The van der Waals surface area contributed by atoms with Gasteiger partial charge >= 0.3 is 6.03 Å². The topological polar surface area (TPSA) is 62.1 Å². The summed E-state index contributed by atoms with van der Waals surface area (Å²) in [6.45, 7) is 6.61. The first-order chi connectivity index (χ1) is 13.3. The first-order valence-electron chi connectivity index (χ1n) is 9.52. The minimum Gasteiger partial charge on any atom is -0.334 e. The number of likely N-dealkylation sites (N-methyl/N-ethyl adjacent to an activating group) is 1. The molecule has 1 N–H and O–H groups in total. The molecule has 2 amide bonds. The van der Waals surface area contributed by atoms with Crippen molar-refractivity contribution in [3.63, 3.8) is 0 Å². The van der Waals surface area contributed by atoms with E-state index >= 15 is 0 Å². The number of sulfonamides is 1. The van der Waals surface area contributed by atoms with Crippen molar-refractivity contribution in [3.8, 4) is 0 Å². The molecule has 1 aliphatic rings. The van der Waals surface area contributed by atoms with Gasteiger partial charge in [-0.15, -0.1) is 0 Å². The molecule has 0 aliphatic carbocycles. The summed E-state index contributed by atoms with van der Waals surface area (Å²) in [5.74, 6) is 0. The summed E-state index contributed by atoms with van der Waals surface area (Å²) in [5, 5.41) is 0. The molecule has 1 heterocycles. The van der Waals surface area contributed by atoms with Gasteiger partial charge in [0.15, 0.2) is 0 Å². The van der Waals surface area contributed by atoms with Crippen LogP contribution in [0.1, 0.15) is 16.7 Å². The van der Waals surface area contributed by atoms with Gasteiger partial charge in [0.05, 0.1) is 44.7 Å². The first-order valence-corrected chi connectivity index (χ1v) is 11.0. The highest BCUT2D eigenvalue weighted by Gasteiger charge is 2.34. The highest BCUT2D eigenvalue weighted by atomic mass is 32.2. The number of nitrogens with zero attached hydrogens (tertiary/aromatic N) is 2. The molecule has 0 spiro atoms. The van der Waals surface area contributed by atoms with Crippen molar-refractivity contribution in [3.05, 3.63) is 65.2 Å². The Morgan fingerprint density at radius 1 is 1.04 bits per heavy atom. The van der Waals surface area contributed by atoms with Gasteiger partial charge in [-0.2, -0.15) is 0 Å². The molecular weight excluding hydrogens is 374 g/mol. The second-order valence-electron chi connectivity index (χ2n) is 7.54. The molecule has 1 saturated heterocycles. The summed E-state index contributed by atoms with van der Waals surface area (Å²) in [7, 11) is -1.88. The van der Waals surface area contributed by atoms with E-state index < -0.39 is 16.1 Å². The van der Waals surface area contributed by atoms with Crippen molar-refractivity contribution in [2.75, 3.05) is 33.2 Å². The fourth-order valence-corrected chi connectivity index (χ4v) is 4.68. The van der Waals surface area contributed by atoms with Gasteiger partial charge in [0, 0.05) is 0 Å². The highest BCUT2D eigenvalue weighted by molar-refractivity contribution is 7.89. The van der Waals surface area contributed by atoms with E-state index in [2.05, 4.69) is 7.05 Å². The minimum absolute atomic E-state index is 0.0237. The Hall–Kier alpha value is -2.38. The lowest BCUT2D eigenvalue weighted by Gasteiger charge is -2.34. The van der Waals surface area contributed by atoms with E-state index in [-0.39, 0.29) is 11.4 Å². The molecule has 150 valence electrons. The summed E-state index contributed by atoms with van der Waals surface area (Å²) < 4.78 is 27.7. The van der Waals surface area contributed by atoms with Gasteiger partial charge in [-0.1, -0.05) is 47.5 Å². The summed E-state index contributed by atoms with van der Waals surface area (Å²) in [6.07, 6.45) is 0. The number of aryl methyl sites for hydroxylation is 2. The Balaban J connectivity index is 1.95. The Bertz CT molecular complexity index is 934. The molecule has 1 fully saturated rings. The van der Waals surface area contributed by atoms with E-state index in [1.165, 1.54) is 4.90 Å². The largest absolute Gasteiger partial charge is 0.334 e. The van der Waals surface area contributed by atoms with Gasteiger partial charge in [-0.05, 0) is 31.5 Å². The van der Waals surface area contributed by atoms with Crippen LogP contribution in [0.25, 0.3) is 0 Å². The molecule has 6 nitrogen and oxygen atoms in total. The van der Waals surface area contributed by atoms with E-state index in [9.17, 15) is 13.2 Å². The molecule has 0 atom stereocenters. The third-order valence-corrected chi connectivity index (χ3v) is 6.85. The monoisotopic (exact) mass is 402 g/mol. The maximum atomic E-state index is 13.4. The second kappa shape index (κ2) is 8.32. The Morgan fingerprint density at radius 3 is 2.29 bits per heavy atom. The van der Waals surface area contributed by atoms with Crippen LogP contribution in [0.4, 0.5) is 4.79 Å². The molecule has 0 radical (unpaired) electrons. The van der Waals surface area contributed by atoms with E-state index in [0.29, 0.717) is 13.1 Å². The lowest BCUT2D eigenvalue weighted by Crippen LogP contribution is -3.12. The molecule has 7 heteroatoms. The fourth-order valence-electron chi connectivity index (χ4n) is 3.31. The van der Waals surface area contributed by atoms with E-state index in [0.717, 1.165) is 34.1 Å². The molecule has 0 bridgehead atoms. The zero-order valence-electron chi connectivity index (χ0n) is 16.7. The number of benzene rings is 2. The predicted molar refractivity (Wildman–Crippen MR) is 109 cm³/mol. The number of hydrogen-bond donors (Lipinski definition) is 1. The lowest BCUT2D eigenvalue weighted by atomic mass is 10.1. The average molecular weight is 403 g/mol. The van der Waals surface area contributed by atoms with Gasteiger partial charge in [0.1, 0.15) is 0 Å². The van der Waals surface area contributed by atoms with Gasteiger partial charge in [0.2, 0.25) is 0 Å². The van der Waals surface area contributed by atoms with Crippen molar-refractivity contribution < 1.29 is 18.1 Å². The molecule has 2 aromatic rings. The van der Waals surface area contributed by atoms with Crippen LogP contribution in [-0.2, 0) is 16.6 Å². The molecule has 0 unspecified atom stereocenters. The van der Waals surface area contributed by atoms with Crippen molar-refractivity contribution in [2.45, 2.75) is 25.3 Å². The van der Waals surface area contributed by atoms with Gasteiger partial charge in [-0.3, -0.25) is 0 Å². The number of hydrogen-bond acceptors (Lipinski definition) is 3. The quantitative estimate of drug-likeness (QED) is 0.842. The zero-order valence-corrected chi connectivity index (χ0v) is 17.5. The molecule has 1 aliphatic heterocycles. The number of amides is 2. The number of quaternary nitrogens is 1. The normalized spacial score (nSPS) is 15.5. The summed E-state index contributed by atoms with van der Waals surface area (Å²) in [5.41, 5.74) is 2.79. The summed E-state index contributed by atoms with van der Waals surface area (Å²) >= 11 is 0. The fraction of sp³-hybridized carbons (Fsp3) is 0.381. The number of nitrogens with one attached hydrogen (secondary N) is 1. The molecule has 28 heavy (non-hydrogen) atoms. The molecule has 0 saturated carbocycles. The first kappa shape index (κ1) is 20.4. The summed E-state index contributed by atoms with van der Waals surface area (Å²) in [6, 6.07) is 13.8. The van der Waals surface area contributed by atoms with Crippen molar-refractivity contribution >= 4 is 16.1 Å². The van der Waals surface area contributed by atoms with E-state index in [1.54, 1.807) is 29.2 Å². The Morgan fingerprint density at radius 2 is 1.68 bits per heavy atom. The van der Waals surface area contributed by atoms with Crippen LogP contribution in [-0.4, -0.2) is 56.9 Å². The number of carbonyl (C=O) groups excluding carboxylic acids is 1. The van der Waals surface area contributed by atoms with Crippen LogP contribution in [0, 0.1) is 13.8 Å². The molecule has 0 aromatic heterocycles. The van der Waals surface area contributed by atoms with Crippen LogP contribution in [0.2, 0.25) is 0 Å². The second-order valence-corrected chi connectivity index (χ2v) is 9.40. The van der Waals surface area contributed by atoms with Crippen molar-refractivity contribution in [2.24, 2.45) is 0 Å². The zero-order chi connectivity index (χ0) is 20.3. The number of rotatable bonds is 4. The highest BCUT2D eigenvalue weighted by Crippen LogP contribution is 2.21. The van der Waals surface area contributed by atoms with E-state index in [1.807, 2.05) is 38.1 Å². The molecule has 2 aromatic carbocycles. The third kappa shape index (κ3) is 4.54. The van der Waals surface area contributed by atoms with Gasteiger partial charge in [-0.25, -0.2) is 17.5 Å². The van der Waals surface area contributed by atoms with Crippen LogP contribution in [0.3, 0.4) is 0 Å². The number of piperazine rings is 1. The average Bonchev–Trinajstić information content (AvgIpc) is 2.66. The Labute approximate surface area is 167 Å². The van der Waals surface area contributed by atoms with Crippen molar-refractivity contribution in [1.29, 1.82) is 0 Å². The van der Waals surface area contributed by atoms with Gasteiger partial charge in [0.25, 0.3) is 10.0 Å². The van der Waals surface area contributed by atoms with Crippen LogP contribution >= 0.6 is 0 Å². The van der Waals surface area contributed by atoms with Crippen molar-refractivity contribution in [1.82, 2.24) is 9.21 Å². The van der Waals surface area contributed by atoms with E-state index in [4.69, 9.17) is 0 Å². The number of urea groups is 1. The smallest absolute Gasteiger partial charge is 0.334 e. The van der Waals surface area contributed by atoms with Crippen LogP contribution in [0.5, 0.6) is 0 Å². The Kier molecular flexibility index (Phi) is 6.05. The van der Waals surface area contributed by atoms with Gasteiger partial charge < -0.3 is 9.80 Å². The summed E-state index contributed by atoms with van der Waals surface area (Å²) in [4.78, 5) is 16.4. The number of carbonyl (C=O) groups is 1. The minimum atomic E-state index is -3.96. The SMILES string of the molecule is Cc1ccc(S(=O)(=O)N(Cc2cccc(C)c2)C(=O)N2CC[NH+](C)CC2)cc1. The maximum absolute atomic E-state index is 13.4. The third-order valence-electron chi connectivity index (χ3n) is 5.12. The predicted octanol–water partition coefficient (Wildman–Crippen LogP) is 1.44. The van der Waals surface area contributed by atoms with Crippen LogP contribution < -0.4 is 4.90 Å². The maximum Gasteiger partial charge on any atom is 0.334 e.